The molecule has 0 aliphatic rings. The van der Waals surface area contributed by atoms with E-state index < -0.39 is 0 Å². The van der Waals surface area contributed by atoms with E-state index in [1.54, 1.807) is 10.9 Å². The van der Waals surface area contributed by atoms with Crippen LogP contribution in [0.15, 0.2) is 48.7 Å². The molecule has 0 fully saturated rings. The first-order valence-corrected chi connectivity index (χ1v) is 7.30. The first-order chi connectivity index (χ1) is 11.2. The summed E-state index contributed by atoms with van der Waals surface area (Å²) in [5, 5.41) is 13.1. The van der Waals surface area contributed by atoms with Gasteiger partial charge in [-0.25, -0.2) is 9.97 Å². The zero-order chi connectivity index (χ0) is 15.8. The van der Waals surface area contributed by atoms with E-state index in [2.05, 4.69) is 32.4 Å². The normalized spacial score (nSPS) is 11.0. The molecule has 0 bridgehead atoms. The molecule has 23 heavy (non-hydrogen) atoms. The highest BCUT2D eigenvalue weighted by Crippen LogP contribution is 2.25. The molecular formula is C17H14N6. The topological polar surface area (TPSA) is 69.4 Å². The van der Waals surface area contributed by atoms with Crippen LogP contribution in [0.5, 0.6) is 0 Å². The van der Waals surface area contributed by atoms with Gasteiger partial charge >= 0.3 is 0 Å². The van der Waals surface area contributed by atoms with Gasteiger partial charge in [-0.1, -0.05) is 17.7 Å². The van der Waals surface area contributed by atoms with E-state index >= 15 is 0 Å². The third-order valence-corrected chi connectivity index (χ3v) is 3.77. The molecule has 0 unspecified atom stereocenters. The molecule has 6 heteroatoms. The molecule has 112 valence electrons. The highest BCUT2D eigenvalue weighted by atomic mass is 15.5. The van der Waals surface area contributed by atoms with E-state index in [0.29, 0.717) is 5.82 Å². The number of hydrogen-bond acceptors (Lipinski definition) is 5. The maximum absolute atomic E-state index is 4.56. The first-order valence-electron chi connectivity index (χ1n) is 7.30. The quantitative estimate of drug-likeness (QED) is 0.569. The lowest BCUT2D eigenvalue weighted by molar-refractivity contribution is 0.791. The van der Waals surface area contributed by atoms with E-state index in [0.717, 1.165) is 28.0 Å². The molecule has 0 saturated carbocycles. The van der Waals surface area contributed by atoms with Crippen LogP contribution >= 0.6 is 0 Å². The fraction of sp³-hybridized carbons (Fsp3) is 0.118. The van der Waals surface area contributed by atoms with Crippen molar-refractivity contribution in [2.75, 3.05) is 0 Å². The Balaban J connectivity index is 1.90. The minimum Gasteiger partial charge on any atom is -0.237 e. The van der Waals surface area contributed by atoms with Crippen LogP contribution in [-0.4, -0.2) is 30.2 Å². The van der Waals surface area contributed by atoms with Gasteiger partial charge in [-0.3, -0.25) is 0 Å². The minimum atomic E-state index is 0.671. The molecule has 0 saturated heterocycles. The molecule has 0 radical (unpaired) electrons. The molecule has 3 aromatic heterocycles. The summed E-state index contributed by atoms with van der Waals surface area (Å²) in [5.74, 6) is 0.671. The highest BCUT2D eigenvalue weighted by molar-refractivity contribution is 5.80. The van der Waals surface area contributed by atoms with E-state index in [9.17, 15) is 0 Å². The van der Waals surface area contributed by atoms with Crippen molar-refractivity contribution in [1.82, 2.24) is 30.2 Å². The van der Waals surface area contributed by atoms with Crippen LogP contribution in [0.25, 0.3) is 28.1 Å². The van der Waals surface area contributed by atoms with E-state index in [-0.39, 0.29) is 0 Å². The summed E-state index contributed by atoms with van der Waals surface area (Å²) in [6, 6.07) is 14.0. The fourth-order valence-corrected chi connectivity index (χ4v) is 2.54. The Kier molecular flexibility index (Phi) is 3.08. The van der Waals surface area contributed by atoms with Crippen LogP contribution < -0.4 is 0 Å². The van der Waals surface area contributed by atoms with Crippen molar-refractivity contribution in [1.29, 1.82) is 0 Å². The van der Waals surface area contributed by atoms with Crippen LogP contribution in [0.1, 0.15) is 11.3 Å². The summed E-state index contributed by atoms with van der Waals surface area (Å²) in [7, 11) is 0. The predicted molar refractivity (Wildman–Crippen MR) is 87.2 cm³/mol. The van der Waals surface area contributed by atoms with Gasteiger partial charge in [0.25, 0.3) is 0 Å². The largest absolute Gasteiger partial charge is 0.237 e. The second kappa shape index (κ2) is 5.24. The number of aryl methyl sites for hydroxylation is 2. The van der Waals surface area contributed by atoms with Gasteiger partial charge in [-0.15, -0.1) is 5.10 Å². The van der Waals surface area contributed by atoms with Gasteiger partial charge in [0.2, 0.25) is 0 Å². The van der Waals surface area contributed by atoms with Crippen LogP contribution in [-0.2, 0) is 0 Å². The van der Waals surface area contributed by atoms with Crippen molar-refractivity contribution in [3.05, 3.63) is 59.9 Å². The number of nitrogens with zero attached hydrogens (tertiary/aromatic N) is 6. The Morgan fingerprint density at radius 3 is 2.65 bits per heavy atom. The lowest BCUT2D eigenvalue weighted by atomic mass is 10.1. The standard InChI is InChI=1S/C17H14N6/c1-11-5-7-14(8-6-11)23-17(20-21-22-23)15-10-13-4-3-9-18-16(13)19-12(15)2/h3-10H,1-2H3. The third-order valence-electron chi connectivity index (χ3n) is 3.77. The second-order valence-corrected chi connectivity index (χ2v) is 5.42. The molecule has 0 spiro atoms. The second-order valence-electron chi connectivity index (χ2n) is 5.42. The summed E-state index contributed by atoms with van der Waals surface area (Å²) in [6.07, 6.45) is 1.74. The number of pyridine rings is 2. The SMILES string of the molecule is Cc1ccc(-n2nnnc2-c2cc3cccnc3nc2C)cc1. The van der Waals surface area contributed by atoms with E-state index in [4.69, 9.17) is 0 Å². The number of aromatic nitrogens is 6. The van der Waals surface area contributed by atoms with Crippen LogP contribution in [0.2, 0.25) is 0 Å². The molecule has 6 nitrogen and oxygen atoms in total. The summed E-state index contributed by atoms with van der Waals surface area (Å²) >= 11 is 0. The van der Waals surface area contributed by atoms with Crippen molar-refractivity contribution >= 4 is 11.0 Å². The summed E-state index contributed by atoms with van der Waals surface area (Å²) < 4.78 is 1.73. The van der Waals surface area contributed by atoms with Crippen molar-refractivity contribution in [2.45, 2.75) is 13.8 Å². The Morgan fingerprint density at radius 2 is 1.83 bits per heavy atom. The van der Waals surface area contributed by atoms with Gasteiger partial charge in [-0.05, 0) is 54.6 Å². The van der Waals surface area contributed by atoms with Crippen molar-refractivity contribution in [3.63, 3.8) is 0 Å². The van der Waals surface area contributed by atoms with Gasteiger partial charge in [0.1, 0.15) is 0 Å². The van der Waals surface area contributed by atoms with Crippen LogP contribution in [0.3, 0.4) is 0 Å². The lowest BCUT2D eigenvalue weighted by Crippen LogP contribution is -2.02. The van der Waals surface area contributed by atoms with Gasteiger partial charge in [0.15, 0.2) is 11.5 Å². The number of fused-ring (bicyclic) bond motifs is 1. The number of benzene rings is 1. The zero-order valence-electron chi connectivity index (χ0n) is 12.8. The van der Waals surface area contributed by atoms with Gasteiger partial charge < -0.3 is 0 Å². The van der Waals surface area contributed by atoms with Crippen LogP contribution in [0.4, 0.5) is 0 Å². The molecule has 0 atom stereocenters. The fourth-order valence-electron chi connectivity index (χ4n) is 2.54. The number of hydrogen-bond donors (Lipinski definition) is 0. The maximum atomic E-state index is 4.56. The number of tetrazole rings is 1. The molecule has 0 N–H and O–H groups in total. The summed E-state index contributed by atoms with van der Waals surface area (Å²) in [4.78, 5) is 8.85. The molecule has 0 aliphatic heterocycles. The first kappa shape index (κ1) is 13.5. The molecular weight excluding hydrogens is 288 g/mol. The molecule has 0 aliphatic carbocycles. The van der Waals surface area contributed by atoms with Crippen LogP contribution in [0, 0.1) is 13.8 Å². The van der Waals surface area contributed by atoms with Gasteiger partial charge in [-0.2, -0.15) is 4.68 Å². The Labute approximate surface area is 132 Å². The number of rotatable bonds is 2. The van der Waals surface area contributed by atoms with Crippen molar-refractivity contribution < 1.29 is 0 Å². The zero-order valence-corrected chi connectivity index (χ0v) is 12.8. The van der Waals surface area contributed by atoms with Crippen molar-refractivity contribution in [2.24, 2.45) is 0 Å². The minimum absolute atomic E-state index is 0.671. The summed E-state index contributed by atoms with van der Waals surface area (Å²) in [5.41, 5.74) is 4.58. The van der Waals surface area contributed by atoms with Crippen molar-refractivity contribution in [3.8, 4) is 17.1 Å². The average molecular weight is 302 g/mol. The van der Waals surface area contributed by atoms with E-state index in [1.165, 1.54) is 5.56 Å². The third kappa shape index (κ3) is 2.34. The average Bonchev–Trinajstić information content (AvgIpc) is 3.04. The Bertz CT molecular complexity index is 988. The Hall–Kier alpha value is -3.15. The smallest absolute Gasteiger partial charge is 0.188 e. The molecule has 3 heterocycles. The molecule has 1 aromatic carbocycles. The maximum Gasteiger partial charge on any atom is 0.188 e. The monoisotopic (exact) mass is 302 g/mol. The lowest BCUT2D eigenvalue weighted by Gasteiger charge is -2.08. The van der Waals surface area contributed by atoms with E-state index in [1.807, 2.05) is 49.4 Å². The van der Waals surface area contributed by atoms with Gasteiger partial charge in [0, 0.05) is 17.1 Å². The highest BCUT2D eigenvalue weighted by Gasteiger charge is 2.15. The molecule has 0 amide bonds. The molecule has 4 aromatic rings. The predicted octanol–water partition coefficient (Wildman–Crippen LogP) is 2.89. The molecule has 4 rings (SSSR count). The Morgan fingerprint density at radius 1 is 1.00 bits per heavy atom. The van der Waals surface area contributed by atoms with Gasteiger partial charge in [0.05, 0.1) is 11.4 Å². The summed E-state index contributed by atoms with van der Waals surface area (Å²) in [6.45, 7) is 3.99.